The van der Waals surface area contributed by atoms with Crippen molar-refractivity contribution in [1.82, 2.24) is 5.32 Å². The maximum absolute atomic E-state index is 12.0. The Morgan fingerprint density at radius 3 is 2.48 bits per heavy atom. The highest BCUT2D eigenvalue weighted by atomic mass is 35.5. The van der Waals surface area contributed by atoms with E-state index in [0.29, 0.717) is 6.54 Å². The predicted molar refractivity (Wildman–Crippen MR) is 76.7 cm³/mol. The van der Waals surface area contributed by atoms with Gasteiger partial charge in [0.1, 0.15) is 4.90 Å². The number of nitrogens with two attached hydrogens (primary N) is 1. The van der Waals surface area contributed by atoms with E-state index < -0.39 is 36.5 Å². The summed E-state index contributed by atoms with van der Waals surface area (Å²) in [6.07, 6.45) is 0. The molecule has 116 valence electrons. The summed E-state index contributed by atoms with van der Waals surface area (Å²) in [5.74, 6) is -0.563. The molecule has 0 aromatic heterocycles. The van der Waals surface area contributed by atoms with E-state index in [2.05, 4.69) is 5.32 Å². The third-order valence-corrected chi connectivity index (χ3v) is 3.91. The van der Waals surface area contributed by atoms with Crippen LogP contribution in [0.4, 0.5) is 5.69 Å². The number of nitrogens with zero attached hydrogens (tertiary/aromatic N) is 1. The van der Waals surface area contributed by atoms with E-state index in [4.69, 9.17) is 16.7 Å². The van der Waals surface area contributed by atoms with Crippen LogP contribution in [0.1, 0.15) is 24.2 Å². The molecule has 0 radical (unpaired) electrons. The first kappa shape index (κ1) is 17.3. The summed E-state index contributed by atoms with van der Waals surface area (Å²) < 4.78 is 22.8. The largest absolute Gasteiger partial charge is 0.352 e. The molecule has 0 aliphatic heterocycles. The molecule has 21 heavy (non-hydrogen) atoms. The second-order valence-electron chi connectivity index (χ2n) is 4.71. The maximum Gasteiger partial charge on any atom is 0.271 e. The summed E-state index contributed by atoms with van der Waals surface area (Å²) in [6.45, 7) is 4.01. The molecule has 0 bridgehead atoms. The van der Waals surface area contributed by atoms with Gasteiger partial charge in [0.05, 0.1) is 15.5 Å². The first-order valence-electron chi connectivity index (χ1n) is 5.83. The number of nitrogens with one attached hydrogen (secondary N) is 1. The second kappa shape index (κ2) is 6.37. The zero-order valence-corrected chi connectivity index (χ0v) is 12.9. The standard InChI is InChI=1S/C11H14ClN3O5S/c1-6(2)5-14-11(16)8-3-7(15(17)18)4-9(10(8)12)21(13,19)20/h3-4,6H,5H2,1-2H3,(H,14,16)(H2,13,19,20). The zero-order chi connectivity index (χ0) is 16.4. The number of primary sulfonamides is 1. The lowest BCUT2D eigenvalue weighted by molar-refractivity contribution is -0.385. The normalized spacial score (nSPS) is 11.5. The van der Waals surface area contributed by atoms with E-state index in [1.54, 1.807) is 0 Å². The van der Waals surface area contributed by atoms with Gasteiger partial charge in [-0.1, -0.05) is 25.4 Å². The third-order valence-electron chi connectivity index (χ3n) is 2.46. The molecule has 0 unspecified atom stereocenters. The van der Waals surface area contributed by atoms with E-state index in [1.165, 1.54) is 0 Å². The van der Waals surface area contributed by atoms with Crippen LogP contribution >= 0.6 is 11.6 Å². The van der Waals surface area contributed by atoms with Gasteiger partial charge in [-0.2, -0.15) is 0 Å². The fourth-order valence-corrected chi connectivity index (χ4v) is 2.62. The molecule has 1 amide bonds. The Labute approximate surface area is 126 Å². The average Bonchev–Trinajstić information content (AvgIpc) is 2.34. The monoisotopic (exact) mass is 335 g/mol. The van der Waals surface area contributed by atoms with Crippen LogP contribution < -0.4 is 10.5 Å². The smallest absolute Gasteiger partial charge is 0.271 e. The van der Waals surface area contributed by atoms with Crippen LogP contribution in [0.3, 0.4) is 0 Å². The van der Waals surface area contributed by atoms with Crippen molar-refractivity contribution in [2.45, 2.75) is 18.7 Å². The van der Waals surface area contributed by atoms with Crippen molar-refractivity contribution < 1.29 is 18.1 Å². The molecular formula is C11H14ClN3O5S. The minimum Gasteiger partial charge on any atom is -0.352 e. The Morgan fingerprint density at radius 1 is 1.48 bits per heavy atom. The second-order valence-corrected chi connectivity index (χ2v) is 6.62. The van der Waals surface area contributed by atoms with Crippen molar-refractivity contribution in [1.29, 1.82) is 0 Å². The third kappa shape index (κ3) is 4.38. The highest BCUT2D eigenvalue weighted by Crippen LogP contribution is 2.29. The van der Waals surface area contributed by atoms with Gasteiger partial charge in [-0.25, -0.2) is 13.6 Å². The van der Waals surface area contributed by atoms with Crippen LogP contribution in [-0.4, -0.2) is 25.8 Å². The lowest BCUT2D eigenvalue weighted by atomic mass is 10.1. The molecular weight excluding hydrogens is 322 g/mol. The van der Waals surface area contributed by atoms with Crippen molar-refractivity contribution in [2.75, 3.05) is 6.54 Å². The number of benzene rings is 1. The molecule has 0 heterocycles. The van der Waals surface area contributed by atoms with Crippen LogP contribution in [0.5, 0.6) is 0 Å². The molecule has 0 fully saturated rings. The fourth-order valence-electron chi connectivity index (χ4n) is 1.45. The Balaban J connectivity index is 3.41. The van der Waals surface area contributed by atoms with Gasteiger partial charge in [0.2, 0.25) is 10.0 Å². The lowest BCUT2D eigenvalue weighted by Crippen LogP contribution is -2.28. The molecule has 10 heteroatoms. The summed E-state index contributed by atoms with van der Waals surface area (Å²) in [4.78, 5) is 21.3. The van der Waals surface area contributed by atoms with Gasteiger partial charge in [-0.05, 0) is 5.92 Å². The Morgan fingerprint density at radius 2 is 2.05 bits per heavy atom. The summed E-state index contributed by atoms with van der Waals surface area (Å²) in [6, 6.07) is 1.63. The molecule has 0 spiro atoms. The van der Waals surface area contributed by atoms with Gasteiger partial charge in [0.15, 0.2) is 0 Å². The van der Waals surface area contributed by atoms with E-state index in [0.717, 1.165) is 12.1 Å². The number of halogens is 1. The van der Waals surface area contributed by atoms with Crippen LogP contribution in [-0.2, 0) is 10.0 Å². The Kier molecular flexibility index (Phi) is 5.26. The van der Waals surface area contributed by atoms with E-state index in [-0.39, 0.29) is 11.5 Å². The fraction of sp³-hybridized carbons (Fsp3) is 0.364. The lowest BCUT2D eigenvalue weighted by Gasteiger charge is -2.10. The number of sulfonamides is 1. The number of carbonyl (C=O) groups is 1. The maximum atomic E-state index is 12.0. The van der Waals surface area contributed by atoms with Gasteiger partial charge in [0, 0.05) is 18.7 Å². The number of nitro benzene ring substituents is 1. The minimum atomic E-state index is -4.29. The first-order chi connectivity index (χ1) is 9.54. The van der Waals surface area contributed by atoms with Gasteiger partial charge < -0.3 is 5.32 Å². The Bertz CT molecular complexity index is 687. The Hall–Kier alpha value is -1.71. The topological polar surface area (TPSA) is 132 Å². The average molecular weight is 336 g/mol. The molecule has 0 saturated carbocycles. The molecule has 0 aliphatic carbocycles. The number of non-ortho nitro benzene ring substituents is 1. The van der Waals surface area contributed by atoms with Crippen molar-refractivity contribution in [3.05, 3.63) is 32.8 Å². The van der Waals surface area contributed by atoms with Crippen LogP contribution in [0, 0.1) is 16.0 Å². The van der Waals surface area contributed by atoms with Crippen molar-refractivity contribution in [3.8, 4) is 0 Å². The molecule has 1 aromatic rings. The van der Waals surface area contributed by atoms with Gasteiger partial charge in [0.25, 0.3) is 11.6 Å². The first-order valence-corrected chi connectivity index (χ1v) is 7.75. The molecule has 0 atom stereocenters. The van der Waals surface area contributed by atoms with E-state index >= 15 is 0 Å². The van der Waals surface area contributed by atoms with Gasteiger partial charge >= 0.3 is 0 Å². The molecule has 0 aliphatic rings. The molecule has 3 N–H and O–H groups in total. The SMILES string of the molecule is CC(C)CNC(=O)c1cc([N+](=O)[O-])cc(S(N)(=O)=O)c1Cl. The van der Waals surface area contributed by atoms with Gasteiger partial charge in [-0.15, -0.1) is 0 Å². The summed E-state index contributed by atoms with van der Waals surface area (Å²) in [5.41, 5.74) is -0.895. The minimum absolute atomic E-state index is 0.143. The molecule has 8 nitrogen and oxygen atoms in total. The molecule has 1 rings (SSSR count). The molecule has 1 aromatic carbocycles. The van der Waals surface area contributed by atoms with Crippen molar-refractivity contribution >= 4 is 33.2 Å². The summed E-state index contributed by atoms with van der Waals surface area (Å²) in [5, 5.41) is 17.8. The van der Waals surface area contributed by atoms with E-state index in [1.807, 2.05) is 13.8 Å². The number of hydrogen-bond donors (Lipinski definition) is 2. The predicted octanol–water partition coefficient (Wildman–Crippen LogP) is 1.28. The highest BCUT2D eigenvalue weighted by Gasteiger charge is 2.25. The quantitative estimate of drug-likeness (QED) is 0.617. The van der Waals surface area contributed by atoms with Gasteiger partial charge in [-0.3, -0.25) is 14.9 Å². The van der Waals surface area contributed by atoms with Crippen LogP contribution in [0.15, 0.2) is 17.0 Å². The van der Waals surface area contributed by atoms with E-state index in [9.17, 15) is 23.3 Å². The highest BCUT2D eigenvalue weighted by molar-refractivity contribution is 7.89. The zero-order valence-electron chi connectivity index (χ0n) is 11.3. The summed E-state index contributed by atoms with van der Waals surface area (Å²) >= 11 is 5.84. The summed E-state index contributed by atoms with van der Waals surface area (Å²) in [7, 11) is -4.29. The number of rotatable bonds is 5. The van der Waals surface area contributed by atoms with Crippen LogP contribution in [0.25, 0.3) is 0 Å². The van der Waals surface area contributed by atoms with Crippen molar-refractivity contribution in [2.24, 2.45) is 11.1 Å². The van der Waals surface area contributed by atoms with Crippen molar-refractivity contribution in [3.63, 3.8) is 0 Å². The number of carbonyl (C=O) groups excluding carboxylic acids is 1. The number of nitro groups is 1. The number of hydrogen-bond acceptors (Lipinski definition) is 5. The number of amides is 1. The molecule has 0 saturated heterocycles. The van der Waals surface area contributed by atoms with Crippen LogP contribution in [0.2, 0.25) is 5.02 Å².